The highest BCUT2D eigenvalue weighted by Crippen LogP contribution is 2.33. The lowest BCUT2D eigenvalue weighted by Crippen LogP contribution is -2.41. The second-order valence-electron chi connectivity index (χ2n) is 4.96. The molecule has 0 aliphatic carbocycles. The summed E-state index contributed by atoms with van der Waals surface area (Å²) in [6.45, 7) is 5.56. The molecule has 1 saturated heterocycles. The van der Waals surface area contributed by atoms with Gasteiger partial charge in [0.1, 0.15) is 0 Å². The normalized spacial score (nSPS) is 24.5. The van der Waals surface area contributed by atoms with Gasteiger partial charge in [0.25, 0.3) is 0 Å². The second kappa shape index (κ2) is 4.98. The highest BCUT2D eigenvalue weighted by atomic mass is 35.5. The summed E-state index contributed by atoms with van der Waals surface area (Å²) in [6.07, 6.45) is 2.49. The standard InChI is InChI=1S/C14H17ClN2/c1-10-3-4-11(2)17(9-10)14-6-5-12(8-16)7-13(14)15/h5-7,10-11H,3-4,9H2,1-2H3. The fraction of sp³-hybridized carbons (Fsp3) is 0.500. The van der Waals surface area contributed by atoms with Crippen LogP contribution in [0.1, 0.15) is 32.3 Å². The minimum Gasteiger partial charge on any atom is -0.367 e. The van der Waals surface area contributed by atoms with E-state index in [0.717, 1.165) is 12.2 Å². The zero-order valence-electron chi connectivity index (χ0n) is 10.3. The van der Waals surface area contributed by atoms with E-state index in [4.69, 9.17) is 16.9 Å². The highest BCUT2D eigenvalue weighted by Gasteiger charge is 2.24. The van der Waals surface area contributed by atoms with E-state index < -0.39 is 0 Å². The molecular formula is C14H17ClN2. The third-order valence-electron chi connectivity index (χ3n) is 3.50. The minimum absolute atomic E-state index is 0.525. The molecule has 1 heterocycles. The zero-order valence-corrected chi connectivity index (χ0v) is 11.0. The van der Waals surface area contributed by atoms with E-state index in [1.54, 1.807) is 6.07 Å². The summed E-state index contributed by atoms with van der Waals surface area (Å²) in [7, 11) is 0. The first kappa shape index (κ1) is 12.3. The quantitative estimate of drug-likeness (QED) is 0.755. The molecule has 0 radical (unpaired) electrons. The van der Waals surface area contributed by atoms with Gasteiger partial charge in [0, 0.05) is 12.6 Å². The zero-order chi connectivity index (χ0) is 12.4. The molecule has 1 aliphatic rings. The Hall–Kier alpha value is -1.20. The van der Waals surface area contributed by atoms with Gasteiger partial charge in [0.2, 0.25) is 0 Å². The van der Waals surface area contributed by atoms with Crippen molar-refractivity contribution < 1.29 is 0 Å². The van der Waals surface area contributed by atoms with Crippen molar-refractivity contribution in [2.24, 2.45) is 5.92 Å². The molecule has 3 heteroatoms. The number of nitriles is 1. The number of halogens is 1. The molecule has 2 nitrogen and oxygen atoms in total. The van der Waals surface area contributed by atoms with Gasteiger partial charge in [-0.05, 0) is 43.9 Å². The van der Waals surface area contributed by atoms with Crippen LogP contribution in [0.25, 0.3) is 0 Å². The first-order valence-electron chi connectivity index (χ1n) is 6.08. The lowest BCUT2D eigenvalue weighted by Gasteiger charge is -2.39. The lowest BCUT2D eigenvalue weighted by atomic mass is 9.94. The smallest absolute Gasteiger partial charge is 0.0992 e. The Balaban J connectivity index is 2.30. The summed E-state index contributed by atoms with van der Waals surface area (Å²) >= 11 is 6.26. The number of benzene rings is 1. The van der Waals surface area contributed by atoms with Crippen molar-refractivity contribution in [2.45, 2.75) is 32.7 Å². The van der Waals surface area contributed by atoms with Gasteiger partial charge in [-0.25, -0.2) is 0 Å². The van der Waals surface area contributed by atoms with Crippen LogP contribution >= 0.6 is 11.6 Å². The van der Waals surface area contributed by atoms with Crippen LogP contribution in [0.2, 0.25) is 5.02 Å². The van der Waals surface area contributed by atoms with Gasteiger partial charge >= 0.3 is 0 Å². The van der Waals surface area contributed by atoms with Crippen molar-refractivity contribution in [1.29, 1.82) is 5.26 Å². The van der Waals surface area contributed by atoms with Gasteiger partial charge < -0.3 is 4.90 Å². The molecule has 0 N–H and O–H groups in total. The Morgan fingerprint density at radius 2 is 2.12 bits per heavy atom. The molecule has 0 aromatic heterocycles. The van der Waals surface area contributed by atoms with Crippen molar-refractivity contribution >= 4 is 17.3 Å². The summed E-state index contributed by atoms with van der Waals surface area (Å²) in [4.78, 5) is 2.36. The van der Waals surface area contributed by atoms with Crippen LogP contribution in [0.3, 0.4) is 0 Å². The van der Waals surface area contributed by atoms with E-state index in [-0.39, 0.29) is 0 Å². The highest BCUT2D eigenvalue weighted by molar-refractivity contribution is 6.33. The Morgan fingerprint density at radius 3 is 2.76 bits per heavy atom. The summed E-state index contributed by atoms with van der Waals surface area (Å²) in [5.41, 5.74) is 1.68. The Labute approximate surface area is 108 Å². The SMILES string of the molecule is CC1CCC(C)N(c2ccc(C#N)cc2Cl)C1. The van der Waals surface area contributed by atoms with Crippen molar-refractivity contribution in [1.82, 2.24) is 0 Å². The van der Waals surface area contributed by atoms with Crippen LogP contribution in [0.5, 0.6) is 0 Å². The minimum atomic E-state index is 0.525. The van der Waals surface area contributed by atoms with Gasteiger partial charge in [-0.1, -0.05) is 18.5 Å². The van der Waals surface area contributed by atoms with Crippen LogP contribution in [-0.4, -0.2) is 12.6 Å². The summed E-state index contributed by atoms with van der Waals surface area (Å²) in [5.74, 6) is 0.706. The first-order chi connectivity index (χ1) is 8.11. The van der Waals surface area contributed by atoms with Crippen molar-refractivity contribution in [3.63, 3.8) is 0 Å². The molecule has 2 unspecified atom stereocenters. The molecule has 1 aliphatic heterocycles. The summed E-state index contributed by atoms with van der Waals surface area (Å²) < 4.78 is 0. The molecule has 90 valence electrons. The van der Waals surface area contributed by atoms with Crippen LogP contribution in [0.15, 0.2) is 18.2 Å². The number of rotatable bonds is 1. The van der Waals surface area contributed by atoms with Gasteiger partial charge in [0.05, 0.1) is 22.3 Å². The summed E-state index contributed by atoms with van der Waals surface area (Å²) in [6, 6.07) is 8.20. The molecule has 1 aromatic carbocycles. The molecule has 0 bridgehead atoms. The Morgan fingerprint density at radius 1 is 1.35 bits per heavy atom. The topological polar surface area (TPSA) is 27.0 Å². The number of anilines is 1. The maximum atomic E-state index is 8.84. The number of piperidine rings is 1. The molecule has 2 atom stereocenters. The maximum absolute atomic E-state index is 8.84. The molecule has 1 fully saturated rings. The fourth-order valence-electron chi connectivity index (χ4n) is 2.43. The van der Waals surface area contributed by atoms with E-state index in [9.17, 15) is 0 Å². The molecule has 0 spiro atoms. The Bertz CT molecular complexity index is 450. The van der Waals surface area contributed by atoms with Crippen molar-refractivity contribution in [3.05, 3.63) is 28.8 Å². The molecule has 17 heavy (non-hydrogen) atoms. The maximum Gasteiger partial charge on any atom is 0.0992 e. The van der Waals surface area contributed by atoms with Crippen LogP contribution < -0.4 is 4.90 Å². The third kappa shape index (κ3) is 2.56. The molecule has 0 amide bonds. The number of nitrogens with zero attached hydrogens (tertiary/aromatic N) is 2. The van der Waals surface area contributed by atoms with E-state index in [1.807, 2.05) is 12.1 Å². The lowest BCUT2D eigenvalue weighted by molar-refractivity contribution is 0.390. The van der Waals surface area contributed by atoms with Gasteiger partial charge in [-0.2, -0.15) is 5.26 Å². The first-order valence-corrected chi connectivity index (χ1v) is 6.46. The van der Waals surface area contributed by atoms with E-state index in [1.165, 1.54) is 12.8 Å². The number of hydrogen-bond donors (Lipinski definition) is 0. The van der Waals surface area contributed by atoms with Gasteiger partial charge in [-0.15, -0.1) is 0 Å². The van der Waals surface area contributed by atoms with E-state index >= 15 is 0 Å². The number of hydrogen-bond acceptors (Lipinski definition) is 2. The molecule has 2 rings (SSSR count). The Kier molecular flexibility index (Phi) is 3.59. The fourth-order valence-corrected chi connectivity index (χ4v) is 2.72. The average Bonchev–Trinajstić information content (AvgIpc) is 2.32. The molecular weight excluding hydrogens is 232 g/mol. The van der Waals surface area contributed by atoms with E-state index in [2.05, 4.69) is 24.8 Å². The van der Waals surface area contributed by atoms with Gasteiger partial charge in [-0.3, -0.25) is 0 Å². The van der Waals surface area contributed by atoms with Crippen LogP contribution in [0.4, 0.5) is 5.69 Å². The predicted octanol–water partition coefficient (Wildman–Crippen LogP) is 3.84. The second-order valence-corrected chi connectivity index (χ2v) is 5.37. The monoisotopic (exact) mass is 248 g/mol. The third-order valence-corrected chi connectivity index (χ3v) is 3.81. The van der Waals surface area contributed by atoms with Crippen molar-refractivity contribution in [3.8, 4) is 6.07 Å². The predicted molar refractivity (Wildman–Crippen MR) is 71.4 cm³/mol. The largest absolute Gasteiger partial charge is 0.367 e. The van der Waals surface area contributed by atoms with Gasteiger partial charge in [0.15, 0.2) is 0 Å². The van der Waals surface area contributed by atoms with Crippen LogP contribution in [0, 0.1) is 17.2 Å². The summed E-state index contributed by atoms with van der Waals surface area (Å²) in [5, 5.41) is 9.52. The average molecular weight is 249 g/mol. The van der Waals surface area contributed by atoms with Crippen molar-refractivity contribution in [2.75, 3.05) is 11.4 Å². The van der Waals surface area contributed by atoms with Crippen LogP contribution in [-0.2, 0) is 0 Å². The molecule has 1 aromatic rings. The van der Waals surface area contributed by atoms with E-state index in [0.29, 0.717) is 22.5 Å². The molecule has 0 saturated carbocycles.